The molecule has 7 heteroatoms. The molecule has 1 N–H and O–H groups in total. The average Bonchev–Trinajstić information content (AvgIpc) is 2.82. The van der Waals surface area contributed by atoms with Crippen LogP contribution >= 0.6 is 23.2 Å². The van der Waals surface area contributed by atoms with Crippen LogP contribution in [0.3, 0.4) is 0 Å². The zero-order chi connectivity index (χ0) is 23.8. The fourth-order valence-corrected chi connectivity index (χ4v) is 4.92. The van der Waals surface area contributed by atoms with Crippen LogP contribution in [0.5, 0.6) is 5.75 Å². The number of methoxy groups -OCH3 is 1. The Bertz CT molecular complexity index is 940. The van der Waals surface area contributed by atoms with Crippen LogP contribution < -0.4 is 10.1 Å². The van der Waals surface area contributed by atoms with Gasteiger partial charge in [-0.3, -0.25) is 9.59 Å². The molecular formula is C26H32Cl2N2O3. The molecule has 2 amide bonds. The highest BCUT2D eigenvalue weighted by Crippen LogP contribution is 2.27. The smallest absolute Gasteiger partial charge is 0.243 e. The zero-order valence-corrected chi connectivity index (χ0v) is 20.8. The summed E-state index contributed by atoms with van der Waals surface area (Å²) in [5, 5.41) is 4.07. The molecule has 2 aromatic carbocycles. The molecule has 0 bridgehead atoms. The predicted octanol–water partition coefficient (Wildman–Crippen LogP) is 5.80. The molecule has 178 valence electrons. The molecule has 0 unspecified atom stereocenters. The lowest BCUT2D eigenvalue weighted by atomic mass is 9.95. The van der Waals surface area contributed by atoms with E-state index in [1.807, 2.05) is 31.2 Å². The van der Waals surface area contributed by atoms with Crippen LogP contribution in [0, 0.1) is 0 Å². The summed E-state index contributed by atoms with van der Waals surface area (Å²) in [5.41, 5.74) is 1.46. The van der Waals surface area contributed by atoms with Crippen LogP contribution in [0.2, 0.25) is 10.0 Å². The minimum atomic E-state index is -0.591. The van der Waals surface area contributed by atoms with Gasteiger partial charge in [-0.15, -0.1) is 0 Å². The molecular weight excluding hydrogens is 459 g/mol. The second-order valence-corrected chi connectivity index (χ2v) is 9.33. The van der Waals surface area contributed by atoms with Crippen molar-refractivity contribution < 1.29 is 14.3 Å². The van der Waals surface area contributed by atoms with Crippen LogP contribution in [0.25, 0.3) is 0 Å². The molecule has 33 heavy (non-hydrogen) atoms. The first-order valence-electron chi connectivity index (χ1n) is 11.6. The lowest BCUT2D eigenvalue weighted by Gasteiger charge is -2.33. The van der Waals surface area contributed by atoms with E-state index in [2.05, 4.69) is 5.32 Å². The number of hydrogen-bond donors (Lipinski definition) is 1. The van der Waals surface area contributed by atoms with Crippen molar-refractivity contribution in [2.24, 2.45) is 0 Å². The van der Waals surface area contributed by atoms with Crippen molar-refractivity contribution in [2.45, 2.75) is 70.5 Å². The first kappa shape index (κ1) is 25.4. The average molecular weight is 491 g/mol. The fraction of sp³-hybridized carbons (Fsp3) is 0.462. The molecule has 5 nitrogen and oxygen atoms in total. The SMILES string of the molecule is CC[C@@H](C(=O)NC1CCCCC1)N(Cc1cccc(OC)c1)C(=O)Cc1c(Cl)cccc1Cl. The Labute approximate surface area is 206 Å². The molecule has 1 aliphatic carbocycles. The molecule has 1 saturated carbocycles. The van der Waals surface area contributed by atoms with E-state index in [1.165, 1.54) is 6.42 Å². The molecule has 1 atom stereocenters. The van der Waals surface area contributed by atoms with Crippen molar-refractivity contribution in [2.75, 3.05) is 7.11 Å². The maximum absolute atomic E-state index is 13.6. The third-order valence-electron chi connectivity index (χ3n) is 6.21. The number of nitrogens with zero attached hydrogens (tertiary/aromatic N) is 1. The number of halogens is 2. The maximum atomic E-state index is 13.6. The van der Waals surface area contributed by atoms with Gasteiger partial charge in [-0.1, -0.05) is 67.6 Å². The van der Waals surface area contributed by atoms with E-state index in [0.717, 1.165) is 31.2 Å². The summed E-state index contributed by atoms with van der Waals surface area (Å²) in [4.78, 5) is 28.5. The van der Waals surface area contributed by atoms with Gasteiger partial charge in [0.2, 0.25) is 11.8 Å². The normalized spacial score (nSPS) is 15.0. The first-order valence-corrected chi connectivity index (χ1v) is 12.3. The topological polar surface area (TPSA) is 58.6 Å². The molecule has 0 radical (unpaired) electrons. The number of carbonyl (C=O) groups is 2. The number of amides is 2. The summed E-state index contributed by atoms with van der Waals surface area (Å²) in [6.07, 6.45) is 5.96. The van der Waals surface area contributed by atoms with Gasteiger partial charge >= 0.3 is 0 Å². The number of ether oxygens (including phenoxy) is 1. The third kappa shape index (κ3) is 6.87. The Balaban J connectivity index is 1.86. The molecule has 1 fully saturated rings. The van der Waals surface area contributed by atoms with Crippen molar-refractivity contribution in [3.63, 3.8) is 0 Å². The number of carbonyl (C=O) groups excluding carboxylic acids is 2. The quantitative estimate of drug-likeness (QED) is 0.482. The van der Waals surface area contributed by atoms with Crippen LogP contribution in [-0.4, -0.2) is 35.9 Å². The van der Waals surface area contributed by atoms with E-state index in [9.17, 15) is 9.59 Å². The largest absolute Gasteiger partial charge is 0.497 e. The van der Waals surface area contributed by atoms with Crippen LogP contribution in [0.4, 0.5) is 0 Å². The van der Waals surface area contributed by atoms with E-state index < -0.39 is 6.04 Å². The lowest BCUT2D eigenvalue weighted by Crippen LogP contribution is -2.52. The summed E-state index contributed by atoms with van der Waals surface area (Å²) < 4.78 is 5.34. The van der Waals surface area contributed by atoms with E-state index in [0.29, 0.717) is 27.8 Å². The van der Waals surface area contributed by atoms with Gasteiger partial charge < -0.3 is 15.0 Å². The molecule has 3 rings (SSSR count). The number of hydrogen-bond acceptors (Lipinski definition) is 3. The fourth-order valence-electron chi connectivity index (χ4n) is 4.39. The van der Waals surface area contributed by atoms with Crippen LogP contribution in [-0.2, 0) is 22.6 Å². The highest BCUT2D eigenvalue weighted by atomic mass is 35.5. The highest BCUT2D eigenvalue weighted by molar-refractivity contribution is 6.36. The van der Waals surface area contributed by atoms with E-state index in [4.69, 9.17) is 27.9 Å². The minimum Gasteiger partial charge on any atom is -0.497 e. The Hall–Kier alpha value is -2.24. The third-order valence-corrected chi connectivity index (χ3v) is 6.92. The molecule has 2 aromatic rings. The number of nitrogens with one attached hydrogen (secondary N) is 1. The summed E-state index contributed by atoms with van der Waals surface area (Å²) in [6, 6.07) is 12.3. The second kappa shape index (κ2) is 12.3. The Morgan fingerprint density at radius 2 is 1.76 bits per heavy atom. The maximum Gasteiger partial charge on any atom is 0.243 e. The van der Waals surface area contributed by atoms with Crippen molar-refractivity contribution in [3.05, 3.63) is 63.6 Å². The van der Waals surface area contributed by atoms with E-state index >= 15 is 0 Å². The molecule has 0 saturated heterocycles. The molecule has 1 aliphatic rings. The second-order valence-electron chi connectivity index (χ2n) is 8.52. The standard InChI is InChI=1S/C26H32Cl2N2O3/c1-3-24(26(32)29-19-10-5-4-6-11-19)30(17-18-9-7-12-20(15-18)33-2)25(31)16-21-22(27)13-8-14-23(21)28/h7-9,12-15,19,24H,3-6,10-11,16-17H2,1-2H3,(H,29,32)/t24-/m0/s1. The summed E-state index contributed by atoms with van der Waals surface area (Å²) in [5.74, 6) is 0.401. The van der Waals surface area contributed by atoms with Gasteiger partial charge in [-0.25, -0.2) is 0 Å². The van der Waals surface area contributed by atoms with Crippen molar-refractivity contribution in [3.8, 4) is 5.75 Å². The lowest BCUT2D eigenvalue weighted by molar-refractivity contribution is -0.141. The van der Waals surface area contributed by atoms with Gasteiger partial charge in [0.05, 0.1) is 13.5 Å². The van der Waals surface area contributed by atoms with E-state index in [1.54, 1.807) is 30.2 Å². The monoisotopic (exact) mass is 490 g/mol. The van der Waals surface area contributed by atoms with Crippen molar-refractivity contribution in [1.82, 2.24) is 10.2 Å². The highest BCUT2D eigenvalue weighted by Gasteiger charge is 2.31. The Morgan fingerprint density at radius 3 is 2.39 bits per heavy atom. The number of benzene rings is 2. The molecule has 0 aliphatic heterocycles. The summed E-state index contributed by atoms with van der Waals surface area (Å²) >= 11 is 12.7. The van der Waals surface area contributed by atoms with Crippen molar-refractivity contribution in [1.29, 1.82) is 0 Å². The van der Waals surface area contributed by atoms with E-state index in [-0.39, 0.29) is 30.8 Å². The predicted molar refractivity (Wildman–Crippen MR) is 133 cm³/mol. The zero-order valence-electron chi connectivity index (χ0n) is 19.3. The van der Waals surface area contributed by atoms with Crippen LogP contribution in [0.1, 0.15) is 56.6 Å². The Morgan fingerprint density at radius 1 is 1.09 bits per heavy atom. The number of rotatable bonds is 9. The van der Waals surface area contributed by atoms with Crippen molar-refractivity contribution >= 4 is 35.0 Å². The summed E-state index contributed by atoms with van der Waals surface area (Å²) in [7, 11) is 1.61. The first-order chi connectivity index (χ1) is 15.9. The van der Waals surface area contributed by atoms with Crippen LogP contribution in [0.15, 0.2) is 42.5 Å². The summed E-state index contributed by atoms with van der Waals surface area (Å²) in [6.45, 7) is 2.22. The minimum absolute atomic E-state index is 0.0235. The van der Waals surface area contributed by atoms with Gasteiger partial charge in [-0.05, 0) is 54.7 Å². The van der Waals surface area contributed by atoms with Gasteiger partial charge in [0.15, 0.2) is 0 Å². The van der Waals surface area contributed by atoms with Gasteiger partial charge in [0, 0.05) is 22.6 Å². The molecule has 0 aromatic heterocycles. The molecule has 0 spiro atoms. The molecule has 0 heterocycles. The van der Waals surface area contributed by atoms with Gasteiger partial charge in [0.1, 0.15) is 11.8 Å². The Kier molecular flexibility index (Phi) is 9.45. The van der Waals surface area contributed by atoms with Gasteiger partial charge in [0.25, 0.3) is 0 Å². The van der Waals surface area contributed by atoms with Gasteiger partial charge in [-0.2, -0.15) is 0 Å².